The number of aliphatic hydroxyl groups is 1. The molecule has 2 aromatic heterocycles. The number of β-amino-alcohol motifs (C(OH)–C–C–N with tert-alkyl or cyclic N) is 1. The number of nitrogens with zero attached hydrogens (tertiary/aromatic N) is 3. The number of aromatic nitrogens is 1. The van der Waals surface area contributed by atoms with Crippen molar-refractivity contribution >= 4 is 33.2 Å². The highest BCUT2D eigenvalue weighted by molar-refractivity contribution is 7.17. The summed E-state index contributed by atoms with van der Waals surface area (Å²) in [5.41, 5.74) is 1.52. The molecule has 2 aromatic carbocycles. The topological polar surface area (TPSA) is 71.2 Å². The molecule has 0 aliphatic carbocycles. The first-order chi connectivity index (χ1) is 16.4. The van der Waals surface area contributed by atoms with E-state index >= 15 is 0 Å². The van der Waals surface area contributed by atoms with Crippen molar-refractivity contribution in [1.82, 2.24) is 15.1 Å². The number of ether oxygens (including phenoxy) is 1. The Balaban J connectivity index is 1.13. The first-order valence-corrected chi connectivity index (χ1v) is 12.4. The number of halogens is 1. The predicted octanol–water partition coefficient (Wildman–Crippen LogP) is 4.95. The largest absolute Gasteiger partial charge is 0.491 e. The van der Waals surface area contributed by atoms with E-state index in [0.717, 1.165) is 53.5 Å². The maximum atomic E-state index is 11.0. The van der Waals surface area contributed by atoms with E-state index in [-0.39, 0.29) is 6.61 Å². The fourth-order valence-corrected chi connectivity index (χ4v) is 5.01. The molecule has 0 saturated carbocycles. The molecule has 34 heavy (non-hydrogen) atoms. The second-order valence-electron chi connectivity index (χ2n) is 8.71. The van der Waals surface area contributed by atoms with Crippen molar-refractivity contribution in [2.24, 2.45) is 0 Å². The predicted molar refractivity (Wildman–Crippen MR) is 134 cm³/mol. The summed E-state index contributed by atoms with van der Waals surface area (Å²) in [5, 5.41) is 19.7. The van der Waals surface area contributed by atoms with E-state index < -0.39 is 5.60 Å². The van der Waals surface area contributed by atoms with Gasteiger partial charge >= 0.3 is 0 Å². The summed E-state index contributed by atoms with van der Waals surface area (Å²) in [4.78, 5) is 8.13. The van der Waals surface area contributed by atoms with E-state index in [2.05, 4.69) is 10.1 Å². The Kier molecular flexibility index (Phi) is 6.76. The molecule has 9 heteroatoms. The van der Waals surface area contributed by atoms with Gasteiger partial charge in [0, 0.05) is 49.4 Å². The summed E-state index contributed by atoms with van der Waals surface area (Å²) in [5.74, 6) is 1.42. The van der Waals surface area contributed by atoms with Gasteiger partial charge in [-0.05, 0) is 42.6 Å². The Morgan fingerprint density at radius 1 is 1.09 bits per heavy atom. The Hall–Kier alpha value is -2.62. The van der Waals surface area contributed by atoms with Gasteiger partial charge in [0.1, 0.15) is 34.1 Å². The van der Waals surface area contributed by atoms with Crippen LogP contribution in [-0.4, -0.2) is 65.2 Å². The minimum absolute atomic E-state index is 0.183. The van der Waals surface area contributed by atoms with Crippen LogP contribution in [0.15, 0.2) is 64.5 Å². The van der Waals surface area contributed by atoms with Gasteiger partial charge in [-0.15, -0.1) is 16.4 Å². The monoisotopic (exact) mass is 499 g/mol. The molecular formula is C25H26ClN3O4S. The van der Waals surface area contributed by atoms with Gasteiger partial charge in [-0.2, -0.15) is 0 Å². The molecule has 7 nitrogen and oxygen atoms in total. The number of piperazine rings is 1. The van der Waals surface area contributed by atoms with Gasteiger partial charge < -0.3 is 19.2 Å². The lowest BCUT2D eigenvalue weighted by molar-refractivity contribution is -0.101. The van der Waals surface area contributed by atoms with Crippen molar-refractivity contribution in [2.75, 3.05) is 39.3 Å². The Morgan fingerprint density at radius 2 is 1.88 bits per heavy atom. The summed E-state index contributed by atoms with van der Waals surface area (Å²) in [6.07, 6.45) is 0. The Bertz CT molecular complexity index is 1250. The summed E-state index contributed by atoms with van der Waals surface area (Å²) in [7, 11) is 0. The first kappa shape index (κ1) is 23.1. The number of thiophene rings is 1. The molecule has 0 amide bonds. The third kappa shape index (κ3) is 5.54. The standard InChI is InChI=1S/C25H26ClN3O4S/c1-25(30,16-28-9-11-29(12-10-28)33-21-7-3-5-19(26)15-21)17-31-20-6-2-4-18(14-20)23-24-22(32-27-23)8-13-34-24/h2-8,13-15,30H,9-12,16-17H2,1H3/t25-/m0/s1. The average Bonchev–Trinajstić information content (AvgIpc) is 3.43. The zero-order valence-corrected chi connectivity index (χ0v) is 20.4. The summed E-state index contributed by atoms with van der Waals surface area (Å²) < 4.78 is 12.4. The van der Waals surface area contributed by atoms with Crippen LogP contribution in [0.2, 0.25) is 5.02 Å². The third-order valence-electron chi connectivity index (χ3n) is 5.66. The normalized spacial score (nSPS) is 17.0. The number of hydroxylamine groups is 2. The van der Waals surface area contributed by atoms with E-state index in [1.807, 2.05) is 59.0 Å². The zero-order valence-electron chi connectivity index (χ0n) is 18.8. The minimum Gasteiger partial charge on any atom is -0.491 e. The molecular weight excluding hydrogens is 474 g/mol. The molecule has 0 unspecified atom stereocenters. The molecule has 1 atom stereocenters. The van der Waals surface area contributed by atoms with Gasteiger partial charge in [-0.25, -0.2) is 0 Å². The van der Waals surface area contributed by atoms with E-state index in [1.54, 1.807) is 24.3 Å². The highest BCUT2D eigenvalue weighted by Gasteiger charge is 2.28. The smallest absolute Gasteiger partial charge is 0.178 e. The number of fused-ring (bicyclic) bond motifs is 1. The zero-order chi connectivity index (χ0) is 23.5. The Labute approximate surface area is 207 Å². The lowest BCUT2D eigenvalue weighted by atomic mass is 10.1. The number of hydrogen-bond donors (Lipinski definition) is 1. The van der Waals surface area contributed by atoms with Crippen LogP contribution in [0, 0.1) is 0 Å². The van der Waals surface area contributed by atoms with Crippen molar-refractivity contribution in [1.29, 1.82) is 0 Å². The van der Waals surface area contributed by atoms with E-state index in [4.69, 9.17) is 25.7 Å². The summed E-state index contributed by atoms with van der Waals surface area (Å²) in [6.45, 7) is 5.54. The van der Waals surface area contributed by atoms with Crippen LogP contribution >= 0.6 is 22.9 Å². The van der Waals surface area contributed by atoms with Crippen LogP contribution in [-0.2, 0) is 0 Å². The molecule has 1 fully saturated rings. The molecule has 0 spiro atoms. The fraction of sp³-hybridized carbons (Fsp3) is 0.320. The molecule has 1 N–H and O–H groups in total. The molecule has 1 aliphatic heterocycles. The van der Waals surface area contributed by atoms with Gasteiger partial charge in [0.15, 0.2) is 5.58 Å². The number of hydrogen-bond acceptors (Lipinski definition) is 8. The minimum atomic E-state index is -0.999. The highest BCUT2D eigenvalue weighted by Crippen LogP contribution is 2.33. The van der Waals surface area contributed by atoms with Gasteiger partial charge in [0.2, 0.25) is 0 Å². The molecule has 5 rings (SSSR count). The summed E-state index contributed by atoms with van der Waals surface area (Å²) in [6, 6.07) is 17.0. The number of benzene rings is 2. The fourth-order valence-electron chi connectivity index (χ4n) is 4.01. The first-order valence-electron chi connectivity index (χ1n) is 11.1. The molecule has 1 saturated heterocycles. The van der Waals surface area contributed by atoms with Crippen molar-refractivity contribution in [3.63, 3.8) is 0 Å². The van der Waals surface area contributed by atoms with Crippen molar-refractivity contribution in [2.45, 2.75) is 12.5 Å². The highest BCUT2D eigenvalue weighted by atomic mass is 35.5. The quantitative estimate of drug-likeness (QED) is 0.367. The van der Waals surface area contributed by atoms with E-state index in [1.165, 1.54) is 0 Å². The van der Waals surface area contributed by atoms with Gasteiger partial charge in [0.05, 0.1) is 0 Å². The Morgan fingerprint density at radius 3 is 2.71 bits per heavy atom. The molecule has 3 heterocycles. The SMILES string of the molecule is C[C@@](O)(COc1cccc(-c2noc3ccsc23)c1)CN1CCN(Oc2cccc(Cl)c2)CC1. The van der Waals surface area contributed by atoms with Crippen LogP contribution in [0.3, 0.4) is 0 Å². The van der Waals surface area contributed by atoms with Crippen LogP contribution in [0.25, 0.3) is 21.5 Å². The molecule has 4 aromatic rings. The van der Waals surface area contributed by atoms with Gasteiger partial charge in [0.25, 0.3) is 0 Å². The van der Waals surface area contributed by atoms with E-state index in [0.29, 0.717) is 17.3 Å². The summed E-state index contributed by atoms with van der Waals surface area (Å²) >= 11 is 7.63. The van der Waals surface area contributed by atoms with Gasteiger partial charge in [-0.3, -0.25) is 4.90 Å². The lowest BCUT2D eigenvalue weighted by Gasteiger charge is -2.37. The maximum absolute atomic E-state index is 11.0. The van der Waals surface area contributed by atoms with Crippen LogP contribution in [0.1, 0.15) is 6.92 Å². The molecule has 1 aliphatic rings. The van der Waals surface area contributed by atoms with Crippen molar-refractivity contribution in [3.8, 4) is 22.8 Å². The average molecular weight is 500 g/mol. The molecule has 178 valence electrons. The molecule has 0 radical (unpaired) electrons. The molecule has 0 bridgehead atoms. The second kappa shape index (κ2) is 9.93. The van der Waals surface area contributed by atoms with Crippen LogP contribution in [0.5, 0.6) is 11.5 Å². The van der Waals surface area contributed by atoms with Gasteiger partial charge in [-0.1, -0.05) is 35.0 Å². The lowest BCUT2D eigenvalue weighted by Crippen LogP contribution is -2.53. The number of rotatable bonds is 8. The maximum Gasteiger partial charge on any atom is 0.178 e. The van der Waals surface area contributed by atoms with Crippen LogP contribution < -0.4 is 9.57 Å². The third-order valence-corrected chi connectivity index (χ3v) is 6.80. The second-order valence-corrected chi connectivity index (χ2v) is 10.1. The van der Waals surface area contributed by atoms with Crippen LogP contribution in [0.4, 0.5) is 0 Å². The van der Waals surface area contributed by atoms with Crippen molar-refractivity contribution in [3.05, 3.63) is 65.0 Å². The van der Waals surface area contributed by atoms with Crippen molar-refractivity contribution < 1.29 is 19.2 Å². The van der Waals surface area contributed by atoms with E-state index in [9.17, 15) is 5.11 Å².